The van der Waals surface area contributed by atoms with Crippen molar-refractivity contribution in [1.29, 1.82) is 0 Å². The Morgan fingerprint density at radius 3 is 3.00 bits per heavy atom. The van der Waals surface area contributed by atoms with Gasteiger partial charge in [0, 0.05) is 43.3 Å². The quantitative estimate of drug-likeness (QED) is 0.745. The molecule has 0 aliphatic carbocycles. The van der Waals surface area contributed by atoms with Gasteiger partial charge in [0.25, 0.3) is 11.5 Å². The normalized spacial score (nSPS) is 19.6. The molecule has 1 unspecified atom stereocenters. The molecular formula is C12H15ClN2O2. The highest BCUT2D eigenvalue weighted by Crippen LogP contribution is 2.20. The number of pyridine rings is 1. The van der Waals surface area contributed by atoms with Crippen molar-refractivity contribution in [3.05, 3.63) is 34.2 Å². The summed E-state index contributed by atoms with van der Waals surface area (Å²) in [5.41, 5.74) is 0.280. The van der Waals surface area contributed by atoms with E-state index in [9.17, 15) is 9.59 Å². The van der Waals surface area contributed by atoms with Gasteiger partial charge in [0.1, 0.15) is 0 Å². The monoisotopic (exact) mass is 254 g/mol. The van der Waals surface area contributed by atoms with Crippen LogP contribution < -0.4 is 5.56 Å². The van der Waals surface area contributed by atoms with Crippen LogP contribution in [0.1, 0.15) is 23.2 Å². The summed E-state index contributed by atoms with van der Waals surface area (Å²) >= 11 is 5.83. The SMILES string of the molecule is Cn1ccc(C(=O)N2CCCC2CCl)cc1=O. The first kappa shape index (κ1) is 12.2. The molecule has 2 heterocycles. The summed E-state index contributed by atoms with van der Waals surface area (Å²) in [6, 6.07) is 3.16. The molecule has 1 aromatic heterocycles. The van der Waals surface area contributed by atoms with Crippen LogP contribution in [0.3, 0.4) is 0 Å². The minimum Gasteiger partial charge on any atom is -0.334 e. The minimum absolute atomic E-state index is 0.0918. The van der Waals surface area contributed by atoms with Crippen LogP contribution in [-0.4, -0.2) is 33.8 Å². The Morgan fingerprint density at radius 2 is 2.35 bits per heavy atom. The maximum Gasteiger partial charge on any atom is 0.254 e. The molecule has 2 rings (SSSR count). The molecule has 0 radical (unpaired) electrons. The highest BCUT2D eigenvalue weighted by Gasteiger charge is 2.28. The number of alkyl halides is 1. The van der Waals surface area contributed by atoms with E-state index in [1.807, 2.05) is 0 Å². The molecule has 0 saturated carbocycles. The van der Waals surface area contributed by atoms with Crippen molar-refractivity contribution in [1.82, 2.24) is 9.47 Å². The van der Waals surface area contributed by atoms with Crippen LogP contribution in [-0.2, 0) is 7.05 Å². The Hall–Kier alpha value is -1.29. The largest absolute Gasteiger partial charge is 0.334 e. The van der Waals surface area contributed by atoms with Gasteiger partial charge in [0.05, 0.1) is 0 Å². The van der Waals surface area contributed by atoms with Gasteiger partial charge in [-0.15, -0.1) is 11.6 Å². The number of aryl methyl sites for hydroxylation is 1. The molecule has 17 heavy (non-hydrogen) atoms. The van der Waals surface area contributed by atoms with E-state index in [0.29, 0.717) is 11.4 Å². The maximum absolute atomic E-state index is 12.2. The predicted molar refractivity (Wildman–Crippen MR) is 66.5 cm³/mol. The number of amides is 1. The number of nitrogens with zero attached hydrogens (tertiary/aromatic N) is 2. The molecule has 0 N–H and O–H groups in total. The second-order valence-corrected chi connectivity index (χ2v) is 4.62. The number of hydrogen-bond acceptors (Lipinski definition) is 2. The average molecular weight is 255 g/mol. The summed E-state index contributed by atoms with van der Waals surface area (Å²) in [6.45, 7) is 0.728. The van der Waals surface area contributed by atoms with Crippen LogP contribution in [0.25, 0.3) is 0 Å². The number of halogens is 1. The third kappa shape index (κ3) is 2.36. The summed E-state index contributed by atoms with van der Waals surface area (Å²) < 4.78 is 1.44. The van der Waals surface area contributed by atoms with Crippen molar-refractivity contribution in [3.8, 4) is 0 Å². The van der Waals surface area contributed by atoms with Gasteiger partial charge in [-0.25, -0.2) is 0 Å². The molecule has 0 bridgehead atoms. The molecule has 1 amide bonds. The van der Waals surface area contributed by atoms with Gasteiger partial charge < -0.3 is 9.47 Å². The fourth-order valence-electron chi connectivity index (χ4n) is 2.11. The van der Waals surface area contributed by atoms with Crippen LogP contribution in [0, 0.1) is 0 Å². The van der Waals surface area contributed by atoms with Gasteiger partial charge in [-0.3, -0.25) is 9.59 Å². The van der Waals surface area contributed by atoms with Gasteiger partial charge in [0.2, 0.25) is 0 Å². The first-order valence-electron chi connectivity index (χ1n) is 5.67. The van der Waals surface area contributed by atoms with Crippen LogP contribution in [0.4, 0.5) is 0 Å². The third-order valence-corrected chi connectivity index (χ3v) is 3.52. The zero-order valence-electron chi connectivity index (χ0n) is 9.73. The molecule has 5 heteroatoms. The molecule has 1 aromatic rings. The van der Waals surface area contributed by atoms with Gasteiger partial charge in [-0.1, -0.05) is 0 Å². The van der Waals surface area contributed by atoms with Crippen molar-refractivity contribution < 1.29 is 4.79 Å². The average Bonchev–Trinajstić information content (AvgIpc) is 2.80. The second kappa shape index (κ2) is 4.92. The van der Waals surface area contributed by atoms with Crippen molar-refractivity contribution >= 4 is 17.5 Å². The first-order valence-corrected chi connectivity index (χ1v) is 6.20. The smallest absolute Gasteiger partial charge is 0.254 e. The van der Waals surface area contributed by atoms with Gasteiger partial charge in [0.15, 0.2) is 0 Å². The highest BCUT2D eigenvalue weighted by molar-refractivity contribution is 6.18. The van der Waals surface area contributed by atoms with E-state index in [2.05, 4.69) is 0 Å². The molecule has 1 atom stereocenters. The predicted octanol–water partition coefficient (Wildman–Crippen LogP) is 1.23. The molecule has 1 aliphatic rings. The van der Waals surface area contributed by atoms with Crippen molar-refractivity contribution in [2.24, 2.45) is 7.05 Å². The number of aromatic nitrogens is 1. The summed E-state index contributed by atoms with van der Waals surface area (Å²) in [6.07, 6.45) is 3.54. The van der Waals surface area contributed by atoms with Crippen molar-refractivity contribution in [2.75, 3.05) is 12.4 Å². The number of carbonyl (C=O) groups is 1. The number of carbonyl (C=O) groups excluding carboxylic acids is 1. The lowest BCUT2D eigenvalue weighted by molar-refractivity contribution is 0.0749. The lowest BCUT2D eigenvalue weighted by atomic mass is 10.2. The molecule has 4 nitrogen and oxygen atoms in total. The van der Waals surface area contributed by atoms with Crippen LogP contribution in [0.5, 0.6) is 0 Å². The van der Waals surface area contributed by atoms with Crippen LogP contribution in [0.2, 0.25) is 0 Å². The first-order chi connectivity index (χ1) is 8.13. The van der Waals surface area contributed by atoms with Crippen LogP contribution in [0.15, 0.2) is 23.1 Å². The number of rotatable bonds is 2. The summed E-state index contributed by atoms with van der Waals surface area (Å²) in [7, 11) is 1.66. The van der Waals surface area contributed by atoms with E-state index in [1.54, 1.807) is 24.2 Å². The van der Waals surface area contributed by atoms with Crippen molar-refractivity contribution in [3.63, 3.8) is 0 Å². The third-order valence-electron chi connectivity index (χ3n) is 3.17. The lowest BCUT2D eigenvalue weighted by Gasteiger charge is -2.22. The Kier molecular flexibility index (Phi) is 3.52. The lowest BCUT2D eigenvalue weighted by Crippen LogP contribution is -2.37. The Labute approximate surface area is 105 Å². The second-order valence-electron chi connectivity index (χ2n) is 4.31. The summed E-state index contributed by atoms with van der Waals surface area (Å²) in [4.78, 5) is 25.4. The molecule has 0 aromatic carbocycles. The van der Waals surface area contributed by atoms with E-state index >= 15 is 0 Å². The van der Waals surface area contributed by atoms with Gasteiger partial charge in [-0.05, 0) is 18.9 Å². The number of likely N-dealkylation sites (tertiary alicyclic amines) is 1. The zero-order valence-corrected chi connectivity index (χ0v) is 10.5. The topological polar surface area (TPSA) is 42.3 Å². The van der Waals surface area contributed by atoms with Gasteiger partial charge >= 0.3 is 0 Å². The van der Waals surface area contributed by atoms with E-state index in [4.69, 9.17) is 11.6 Å². The number of hydrogen-bond donors (Lipinski definition) is 0. The van der Waals surface area contributed by atoms with Gasteiger partial charge in [-0.2, -0.15) is 0 Å². The Balaban J connectivity index is 2.24. The molecule has 1 aliphatic heterocycles. The standard InChI is InChI=1S/C12H15ClN2O2/c1-14-6-4-9(7-11(14)16)12(17)15-5-2-3-10(15)8-13/h4,6-7,10H,2-3,5,8H2,1H3. The fraction of sp³-hybridized carbons (Fsp3) is 0.500. The maximum atomic E-state index is 12.2. The van der Waals surface area contributed by atoms with Crippen LogP contribution >= 0.6 is 11.6 Å². The van der Waals surface area contributed by atoms with E-state index in [-0.39, 0.29) is 17.5 Å². The Bertz CT molecular complexity index is 484. The minimum atomic E-state index is -0.169. The van der Waals surface area contributed by atoms with E-state index in [1.165, 1.54) is 10.6 Å². The van der Waals surface area contributed by atoms with Crippen molar-refractivity contribution in [2.45, 2.75) is 18.9 Å². The summed E-state index contributed by atoms with van der Waals surface area (Å²) in [5.74, 6) is 0.363. The Morgan fingerprint density at radius 1 is 1.59 bits per heavy atom. The molecule has 0 spiro atoms. The highest BCUT2D eigenvalue weighted by atomic mass is 35.5. The molecule has 1 fully saturated rings. The zero-order chi connectivity index (χ0) is 12.4. The fourth-order valence-corrected chi connectivity index (χ4v) is 2.43. The molecule has 92 valence electrons. The summed E-state index contributed by atoms with van der Waals surface area (Å²) in [5, 5.41) is 0. The van der Waals surface area contributed by atoms with E-state index < -0.39 is 0 Å². The molecular weight excluding hydrogens is 240 g/mol. The molecule has 1 saturated heterocycles. The van der Waals surface area contributed by atoms with E-state index in [0.717, 1.165) is 19.4 Å².